The maximum atomic E-state index is 14.1. The van der Waals surface area contributed by atoms with Gasteiger partial charge in [0.25, 0.3) is 5.91 Å². The topological polar surface area (TPSA) is 80.5 Å². The first-order valence-electron chi connectivity index (χ1n) is 9.98. The fraction of sp³-hybridized carbons (Fsp3) is 0.273. The van der Waals surface area contributed by atoms with Crippen LogP contribution in [0.2, 0.25) is 0 Å². The third-order valence-electron chi connectivity index (χ3n) is 5.90. The van der Waals surface area contributed by atoms with Crippen molar-refractivity contribution in [1.29, 1.82) is 0 Å². The molecule has 0 radical (unpaired) electrons. The van der Waals surface area contributed by atoms with Crippen LogP contribution in [0.5, 0.6) is 0 Å². The number of carbonyl (C=O) groups excluding carboxylic acids is 2. The molecule has 0 bridgehead atoms. The zero-order valence-corrected chi connectivity index (χ0v) is 16.5. The number of aryl methyl sites for hydroxylation is 1. The van der Waals surface area contributed by atoms with Gasteiger partial charge in [0.2, 0.25) is 0 Å². The molecule has 2 aliphatic rings. The number of benzene rings is 2. The molecule has 3 amide bonds. The summed E-state index contributed by atoms with van der Waals surface area (Å²) in [4.78, 5) is 31.7. The first-order valence-corrected chi connectivity index (χ1v) is 9.98. The number of nitrogens with zero attached hydrogens (tertiary/aromatic N) is 2. The van der Waals surface area contributed by atoms with E-state index in [0.29, 0.717) is 35.4 Å². The maximum absolute atomic E-state index is 14.1. The normalized spacial score (nSPS) is 18.5. The van der Waals surface area contributed by atoms with Crippen LogP contribution >= 0.6 is 0 Å². The number of hydrogen-bond acceptors (Lipinski definition) is 3. The van der Waals surface area contributed by atoms with Crippen LogP contribution in [-0.4, -0.2) is 54.0 Å². The number of rotatable bonds is 3. The average molecular weight is 407 g/mol. The van der Waals surface area contributed by atoms with Crippen LogP contribution in [-0.2, 0) is 0 Å². The fourth-order valence-electron chi connectivity index (χ4n) is 4.26. The Bertz CT molecular complexity index is 1120. The minimum absolute atomic E-state index is 0.00525. The second-order valence-corrected chi connectivity index (χ2v) is 7.82. The third-order valence-corrected chi connectivity index (χ3v) is 5.90. The maximum Gasteiger partial charge on any atom is 0.317 e. The molecule has 7 nitrogen and oxygen atoms in total. The number of anilines is 2. The van der Waals surface area contributed by atoms with Crippen molar-refractivity contribution >= 4 is 34.2 Å². The van der Waals surface area contributed by atoms with E-state index in [1.165, 1.54) is 6.07 Å². The lowest BCUT2D eigenvalue weighted by Gasteiger charge is -2.37. The zero-order chi connectivity index (χ0) is 20.8. The first kappa shape index (κ1) is 18.5. The molecule has 0 spiro atoms. The second-order valence-electron chi connectivity index (χ2n) is 7.82. The van der Waals surface area contributed by atoms with E-state index < -0.39 is 0 Å². The molecule has 2 aromatic carbocycles. The molecule has 8 heteroatoms. The predicted octanol–water partition coefficient (Wildman–Crippen LogP) is 3.08. The molecule has 0 saturated carbocycles. The summed E-state index contributed by atoms with van der Waals surface area (Å²) in [7, 11) is 0. The van der Waals surface area contributed by atoms with E-state index in [0.717, 1.165) is 24.3 Å². The molecule has 0 aliphatic carbocycles. The van der Waals surface area contributed by atoms with Crippen molar-refractivity contribution in [2.24, 2.45) is 0 Å². The van der Waals surface area contributed by atoms with Crippen LogP contribution in [0.1, 0.15) is 16.1 Å². The van der Waals surface area contributed by atoms with E-state index in [4.69, 9.17) is 0 Å². The molecule has 1 atom stereocenters. The molecular formula is C22H22FN5O2. The Kier molecular flexibility index (Phi) is 4.34. The van der Waals surface area contributed by atoms with E-state index in [1.54, 1.807) is 12.1 Å². The molecule has 3 N–H and O–H groups in total. The van der Waals surface area contributed by atoms with Gasteiger partial charge in [0.1, 0.15) is 11.5 Å². The van der Waals surface area contributed by atoms with Crippen molar-refractivity contribution in [3.8, 4) is 0 Å². The first-order chi connectivity index (χ1) is 14.5. The van der Waals surface area contributed by atoms with E-state index in [1.807, 2.05) is 36.1 Å². The van der Waals surface area contributed by atoms with E-state index >= 15 is 0 Å². The summed E-state index contributed by atoms with van der Waals surface area (Å²) in [5, 5.41) is 6.18. The Morgan fingerprint density at radius 1 is 1.20 bits per heavy atom. The van der Waals surface area contributed by atoms with Gasteiger partial charge in [-0.3, -0.25) is 4.79 Å². The van der Waals surface area contributed by atoms with Gasteiger partial charge in [-0.05, 0) is 42.8 Å². The monoisotopic (exact) mass is 407 g/mol. The second kappa shape index (κ2) is 7.05. The fourth-order valence-corrected chi connectivity index (χ4v) is 4.26. The number of halogens is 1. The number of fused-ring (bicyclic) bond motifs is 2. The van der Waals surface area contributed by atoms with E-state index in [9.17, 15) is 14.0 Å². The molecule has 2 saturated heterocycles. The quantitative estimate of drug-likeness (QED) is 0.624. The number of aromatic nitrogens is 1. The van der Waals surface area contributed by atoms with Gasteiger partial charge in [-0.15, -0.1) is 0 Å². The lowest BCUT2D eigenvalue weighted by molar-refractivity contribution is 0.102. The predicted molar refractivity (Wildman–Crippen MR) is 113 cm³/mol. The number of urea groups is 1. The Balaban J connectivity index is 1.34. The van der Waals surface area contributed by atoms with Crippen LogP contribution in [0.25, 0.3) is 10.9 Å². The SMILES string of the molecule is Cc1ccc(F)c2cc(C(=O)Nc3cccc(N4CCN5C(=O)NCC5C4)c3)[nH]c12. The van der Waals surface area contributed by atoms with Crippen LogP contribution < -0.4 is 15.5 Å². The lowest BCUT2D eigenvalue weighted by Crippen LogP contribution is -2.52. The summed E-state index contributed by atoms with van der Waals surface area (Å²) in [5.74, 6) is -0.676. The number of nitrogens with one attached hydrogen (secondary N) is 3. The number of carbonyl (C=O) groups is 2. The number of piperazine rings is 1. The largest absolute Gasteiger partial charge is 0.368 e. The summed E-state index contributed by atoms with van der Waals surface area (Å²) in [6.07, 6.45) is 0. The van der Waals surface area contributed by atoms with Crippen LogP contribution in [0.15, 0.2) is 42.5 Å². The highest BCUT2D eigenvalue weighted by molar-refractivity contribution is 6.06. The summed E-state index contributed by atoms with van der Waals surface area (Å²) in [5.41, 5.74) is 3.48. The van der Waals surface area contributed by atoms with Crippen molar-refractivity contribution in [2.75, 3.05) is 36.4 Å². The van der Waals surface area contributed by atoms with Crippen molar-refractivity contribution < 1.29 is 14.0 Å². The average Bonchev–Trinajstić information content (AvgIpc) is 3.36. The van der Waals surface area contributed by atoms with Gasteiger partial charge in [0.15, 0.2) is 0 Å². The van der Waals surface area contributed by atoms with Crippen LogP contribution in [0.4, 0.5) is 20.6 Å². The molecule has 2 fully saturated rings. The minimum atomic E-state index is -0.355. The molecule has 5 rings (SSSR count). The molecular weight excluding hydrogens is 385 g/mol. The van der Waals surface area contributed by atoms with Crippen molar-refractivity contribution in [1.82, 2.24) is 15.2 Å². The van der Waals surface area contributed by atoms with E-state index in [2.05, 4.69) is 20.5 Å². The number of H-pyrrole nitrogens is 1. The summed E-state index contributed by atoms with van der Waals surface area (Å²) in [6, 6.07) is 12.4. The highest BCUT2D eigenvalue weighted by Crippen LogP contribution is 2.26. The number of aromatic amines is 1. The highest BCUT2D eigenvalue weighted by atomic mass is 19.1. The summed E-state index contributed by atoms with van der Waals surface area (Å²) >= 11 is 0. The molecule has 1 aromatic heterocycles. The standard InChI is InChI=1S/C22H22FN5O2/c1-13-5-6-18(23)17-10-19(26-20(13)17)21(29)25-14-3-2-4-15(9-14)27-7-8-28-16(12-27)11-24-22(28)30/h2-6,9-10,16,26H,7-8,11-12H2,1H3,(H,24,30)(H,25,29). The molecule has 3 heterocycles. The van der Waals surface area contributed by atoms with Gasteiger partial charge in [0, 0.05) is 42.9 Å². The van der Waals surface area contributed by atoms with Crippen LogP contribution in [0, 0.1) is 12.7 Å². The lowest BCUT2D eigenvalue weighted by atomic mass is 10.1. The third kappa shape index (κ3) is 3.14. The van der Waals surface area contributed by atoms with Crippen molar-refractivity contribution in [3.05, 3.63) is 59.5 Å². The van der Waals surface area contributed by atoms with Gasteiger partial charge >= 0.3 is 6.03 Å². The van der Waals surface area contributed by atoms with Crippen LogP contribution in [0.3, 0.4) is 0 Å². The van der Waals surface area contributed by atoms with Gasteiger partial charge in [-0.25, -0.2) is 9.18 Å². The van der Waals surface area contributed by atoms with E-state index in [-0.39, 0.29) is 23.8 Å². The Labute approximate surface area is 172 Å². The molecule has 2 aliphatic heterocycles. The van der Waals surface area contributed by atoms with Gasteiger partial charge in [0.05, 0.1) is 11.6 Å². The van der Waals surface area contributed by atoms with Crippen molar-refractivity contribution in [3.63, 3.8) is 0 Å². The smallest absolute Gasteiger partial charge is 0.317 e. The molecule has 3 aromatic rings. The molecule has 154 valence electrons. The molecule has 30 heavy (non-hydrogen) atoms. The Hall–Kier alpha value is -3.55. The van der Waals surface area contributed by atoms with Gasteiger partial charge < -0.3 is 25.4 Å². The Morgan fingerprint density at radius 2 is 2.07 bits per heavy atom. The molecule has 1 unspecified atom stereocenters. The van der Waals surface area contributed by atoms with Gasteiger partial charge in [-0.2, -0.15) is 0 Å². The number of amides is 3. The van der Waals surface area contributed by atoms with Crippen molar-refractivity contribution in [2.45, 2.75) is 13.0 Å². The Morgan fingerprint density at radius 3 is 2.90 bits per heavy atom. The number of hydrogen-bond donors (Lipinski definition) is 3. The minimum Gasteiger partial charge on any atom is -0.368 e. The van der Waals surface area contributed by atoms with Gasteiger partial charge in [-0.1, -0.05) is 12.1 Å². The zero-order valence-electron chi connectivity index (χ0n) is 16.5. The summed E-state index contributed by atoms with van der Waals surface area (Å²) in [6.45, 7) is 4.68. The summed E-state index contributed by atoms with van der Waals surface area (Å²) < 4.78 is 14.1. The highest BCUT2D eigenvalue weighted by Gasteiger charge is 2.35.